The normalized spacial score (nSPS) is 15.1. The smallest absolute Gasteiger partial charge is 0.139 e. The molecule has 0 radical (unpaired) electrons. The summed E-state index contributed by atoms with van der Waals surface area (Å²) in [7, 11) is 0. The molecule has 0 saturated carbocycles. The van der Waals surface area contributed by atoms with Crippen LogP contribution in [-0.4, -0.2) is 47.1 Å². The van der Waals surface area contributed by atoms with E-state index in [-0.39, 0.29) is 5.82 Å². The van der Waals surface area contributed by atoms with E-state index in [0.717, 1.165) is 66.6 Å². The number of aromatic nitrogens is 2. The Morgan fingerprint density at radius 1 is 1.18 bits per heavy atom. The van der Waals surface area contributed by atoms with Gasteiger partial charge in [0.1, 0.15) is 23.8 Å². The number of fused-ring (bicyclic) bond motifs is 1. The molecule has 1 aromatic carbocycles. The van der Waals surface area contributed by atoms with Crippen LogP contribution in [0.25, 0.3) is 16.9 Å². The van der Waals surface area contributed by atoms with Crippen molar-refractivity contribution in [3.05, 3.63) is 66.3 Å². The number of ether oxygens (including phenoxy) is 1. The molecule has 5 nitrogen and oxygen atoms in total. The lowest BCUT2D eigenvalue weighted by Gasteiger charge is -2.27. The summed E-state index contributed by atoms with van der Waals surface area (Å²) in [4.78, 5) is 7.17. The average molecular weight is 380 g/mol. The molecule has 0 bridgehead atoms. The van der Waals surface area contributed by atoms with Gasteiger partial charge in [-0.25, -0.2) is 9.37 Å². The highest BCUT2D eigenvalue weighted by atomic mass is 19.1. The van der Waals surface area contributed by atoms with Gasteiger partial charge in [0.15, 0.2) is 0 Å². The van der Waals surface area contributed by atoms with Crippen LogP contribution in [0.15, 0.2) is 54.7 Å². The summed E-state index contributed by atoms with van der Waals surface area (Å²) in [5, 5.41) is 3.37. The monoisotopic (exact) mass is 380 g/mol. The summed E-state index contributed by atoms with van der Waals surface area (Å²) in [5.74, 6) is 0.534. The highest BCUT2D eigenvalue weighted by Crippen LogP contribution is 2.28. The number of rotatable bonds is 6. The van der Waals surface area contributed by atoms with E-state index in [2.05, 4.69) is 16.8 Å². The van der Waals surface area contributed by atoms with Crippen molar-refractivity contribution in [1.29, 1.82) is 0 Å². The number of benzene rings is 1. The molecule has 6 heteroatoms. The van der Waals surface area contributed by atoms with Crippen molar-refractivity contribution in [2.45, 2.75) is 13.5 Å². The van der Waals surface area contributed by atoms with Gasteiger partial charge in [-0.05, 0) is 48.9 Å². The second-order valence-corrected chi connectivity index (χ2v) is 7.28. The fraction of sp³-hybridized carbons (Fsp3) is 0.318. The highest BCUT2D eigenvalue weighted by molar-refractivity contribution is 5.67. The number of hydrogen-bond acceptors (Lipinski definition) is 4. The van der Waals surface area contributed by atoms with Gasteiger partial charge in [0.25, 0.3) is 0 Å². The Balaban J connectivity index is 1.69. The first-order valence-corrected chi connectivity index (χ1v) is 9.57. The quantitative estimate of drug-likeness (QED) is 0.665. The molecule has 146 valence electrons. The van der Waals surface area contributed by atoms with Crippen LogP contribution in [-0.2, 0) is 6.54 Å². The third kappa shape index (κ3) is 4.08. The first kappa shape index (κ1) is 18.7. The molecule has 3 heterocycles. The molecule has 0 spiro atoms. The number of nitrogens with one attached hydrogen (secondary N) is 1. The predicted octanol–water partition coefficient (Wildman–Crippen LogP) is 3.50. The van der Waals surface area contributed by atoms with Gasteiger partial charge >= 0.3 is 0 Å². The number of imidazole rings is 1. The SMILES string of the molecule is C=C(C)COc1ccc(-c2nc3ccc(F)cn3c2CN2CCNCC2)cc1. The molecule has 1 fully saturated rings. The minimum absolute atomic E-state index is 0.262. The first-order chi connectivity index (χ1) is 13.6. The van der Waals surface area contributed by atoms with Crippen molar-refractivity contribution in [1.82, 2.24) is 19.6 Å². The lowest BCUT2D eigenvalue weighted by molar-refractivity contribution is 0.230. The van der Waals surface area contributed by atoms with Gasteiger partial charge in [-0.3, -0.25) is 9.30 Å². The minimum atomic E-state index is -0.262. The molecule has 2 aromatic heterocycles. The Labute approximate surface area is 164 Å². The predicted molar refractivity (Wildman–Crippen MR) is 109 cm³/mol. The van der Waals surface area contributed by atoms with E-state index >= 15 is 0 Å². The standard InChI is InChI=1S/C22H25FN4O/c1-16(2)15-28-19-6-3-17(4-7-19)22-20(14-26-11-9-24-10-12-26)27-13-18(23)5-8-21(27)25-22/h3-8,13,24H,1,9-12,14-15H2,2H3. The minimum Gasteiger partial charge on any atom is -0.489 e. The highest BCUT2D eigenvalue weighted by Gasteiger charge is 2.19. The van der Waals surface area contributed by atoms with E-state index in [9.17, 15) is 4.39 Å². The topological polar surface area (TPSA) is 41.8 Å². The van der Waals surface area contributed by atoms with Crippen molar-refractivity contribution in [3.63, 3.8) is 0 Å². The fourth-order valence-electron chi connectivity index (χ4n) is 3.45. The van der Waals surface area contributed by atoms with Crippen LogP contribution in [0.1, 0.15) is 12.6 Å². The first-order valence-electron chi connectivity index (χ1n) is 9.57. The number of nitrogens with zero attached hydrogens (tertiary/aromatic N) is 3. The van der Waals surface area contributed by atoms with Crippen LogP contribution in [0, 0.1) is 5.82 Å². The number of pyridine rings is 1. The van der Waals surface area contributed by atoms with Crippen LogP contribution >= 0.6 is 0 Å². The zero-order valence-electron chi connectivity index (χ0n) is 16.1. The molecule has 0 unspecified atom stereocenters. The maximum absolute atomic E-state index is 13.9. The lowest BCUT2D eigenvalue weighted by atomic mass is 10.1. The van der Waals surface area contributed by atoms with Gasteiger partial charge in [-0.15, -0.1) is 0 Å². The third-order valence-electron chi connectivity index (χ3n) is 4.88. The van der Waals surface area contributed by atoms with E-state index in [1.807, 2.05) is 35.6 Å². The van der Waals surface area contributed by atoms with Crippen molar-refractivity contribution in [2.75, 3.05) is 32.8 Å². The lowest BCUT2D eigenvalue weighted by Crippen LogP contribution is -2.43. The Hall–Kier alpha value is -2.70. The molecule has 1 N–H and O–H groups in total. The fourth-order valence-corrected chi connectivity index (χ4v) is 3.45. The molecule has 0 amide bonds. The molecule has 1 aliphatic heterocycles. The summed E-state index contributed by atoms with van der Waals surface area (Å²) in [5.41, 5.74) is 4.62. The van der Waals surface area contributed by atoms with E-state index in [1.54, 1.807) is 6.07 Å². The summed E-state index contributed by atoms with van der Waals surface area (Å²) >= 11 is 0. The second kappa shape index (κ2) is 8.12. The molecule has 3 aromatic rings. The number of piperazine rings is 1. The second-order valence-electron chi connectivity index (χ2n) is 7.28. The molecule has 0 atom stereocenters. The summed E-state index contributed by atoms with van der Waals surface area (Å²) in [6.45, 7) is 10.9. The Morgan fingerprint density at radius 3 is 2.64 bits per heavy atom. The van der Waals surface area contributed by atoms with Gasteiger partial charge in [-0.1, -0.05) is 6.58 Å². The molecule has 0 aliphatic carbocycles. The van der Waals surface area contributed by atoms with Crippen molar-refractivity contribution in [2.24, 2.45) is 0 Å². The van der Waals surface area contributed by atoms with E-state index in [1.165, 1.54) is 12.3 Å². The molecular formula is C22H25FN4O. The Morgan fingerprint density at radius 2 is 1.93 bits per heavy atom. The zero-order valence-corrected chi connectivity index (χ0v) is 16.1. The summed E-state index contributed by atoms with van der Waals surface area (Å²) < 4.78 is 21.5. The van der Waals surface area contributed by atoms with Crippen LogP contribution in [0.2, 0.25) is 0 Å². The van der Waals surface area contributed by atoms with Crippen molar-refractivity contribution < 1.29 is 9.13 Å². The van der Waals surface area contributed by atoms with Crippen LogP contribution in [0.3, 0.4) is 0 Å². The van der Waals surface area contributed by atoms with Gasteiger partial charge in [0, 0.05) is 44.5 Å². The molecule has 4 rings (SSSR count). The molecule has 28 heavy (non-hydrogen) atoms. The van der Waals surface area contributed by atoms with Crippen molar-refractivity contribution in [3.8, 4) is 17.0 Å². The summed E-state index contributed by atoms with van der Waals surface area (Å²) in [6, 6.07) is 11.1. The Kier molecular flexibility index (Phi) is 5.41. The van der Waals surface area contributed by atoms with Gasteiger partial charge < -0.3 is 10.1 Å². The van der Waals surface area contributed by atoms with E-state index < -0.39 is 0 Å². The zero-order chi connectivity index (χ0) is 19.5. The van der Waals surface area contributed by atoms with E-state index in [0.29, 0.717) is 6.61 Å². The van der Waals surface area contributed by atoms with Crippen LogP contribution < -0.4 is 10.1 Å². The third-order valence-corrected chi connectivity index (χ3v) is 4.88. The van der Waals surface area contributed by atoms with Gasteiger partial charge in [0.2, 0.25) is 0 Å². The maximum atomic E-state index is 13.9. The molecule has 1 saturated heterocycles. The maximum Gasteiger partial charge on any atom is 0.139 e. The largest absolute Gasteiger partial charge is 0.489 e. The van der Waals surface area contributed by atoms with Gasteiger partial charge in [-0.2, -0.15) is 0 Å². The van der Waals surface area contributed by atoms with Crippen LogP contribution in [0.5, 0.6) is 5.75 Å². The van der Waals surface area contributed by atoms with Crippen LogP contribution in [0.4, 0.5) is 4.39 Å². The summed E-state index contributed by atoms with van der Waals surface area (Å²) in [6.07, 6.45) is 1.52. The van der Waals surface area contributed by atoms with Gasteiger partial charge in [0.05, 0.1) is 11.4 Å². The van der Waals surface area contributed by atoms with E-state index in [4.69, 9.17) is 9.72 Å². The average Bonchev–Trinajstić information content (AvgIpc) is 3.05. The number of hydrogen-bond donors (Lipinski definition) is 1. The van der Waals surface area contributed by atoms with Crippen molar-refractivity contribution >= 4 is 5.65 Å². The Bertz CT molecular complexity index is 974. The number of halogens is 1. The molecule has 1 aliphatic rings. The molecular weight excluding hydrogens is 355 g/mol.